The van der Waals surface area contributed by atoms with E-state index in [2.05, 4.69) is 9.97 Å². The van der Waals surface area contributed by atoms with Crippen LogP contribution in [-0.2, 0) is 17.8 Å². The van der Waals surface area contributed by atoms with Crippen LogP contribution in [0.2, 0.25) is 0 Å². The number of amides is 1. The van der Waals surface area contributed by atoms with Gasteiger partial charge in [-0.1, -0.05) is 54.1 Å². The molecule has 140 valence electrons. The lowest BCUT2D eigenvalue weighted by molar-refractivity contribution is -0.126. The number of hydrogen-bond acceptors (Lipinski definition) is 3. The van der Waals surface area contributed by atoms with E-state index in [0.717, 1.165) is 22.4 Å². The van der Waals surface area contributed by atoms with Crippen molar-refractivity contribution in [2.75, 3.05) is 6.54 Å². The average molecular weight is 371 g/mol. The minimum absolute atomic E-state index is 0.100. The van der Waals surface area contributed by atoms with Gasteiger partial charge in [0, 0.05) is 24.6 Å². The molecule has 0 spiro atoms. The molecule has 2 heterocycles. The number of aryl methyl sites for hydroxylation is 1. The second-order valence-corrected chi connectivity index (χ2v) is 6.96. The number of nitrogens with one attached hydrogen (secondary N) is 1. The highest BCUT2D eigenvalue weighted by Crippen LogP contribution is 2.20. The van der Waals surface area contributed by atoms with E-state index < -0.39 is 0 Å². The summed E-state index contributed by atoms with van der Waals surface area (Å²) in [6.45, 7) is 2.84. The number of hydrogen-bond donors (Lipinski definition) is 1. The third kappa shape index (κ3) is 3.78. The van der Waals surface area contributed by atoms with Gasteiger partial charge >= 0.3 is 0 Å². The van der Waals surface area contributed by atoms with Gasteiger partial charge in [-0.05, 0) is 24.6 Å². The first kappa shape index (κ1) is 17.9. The molecule has 0 atom stereocenters. The highest BCUT2D eigenvalue weighted by atomic mass is 16.2. The van der Waals surface area contributed by atoms with E-state index >= 15 is 0 Å². The Morgan fingerprint density at radius 3 is 2.75 bits per heavy atom. The van der Waals surface area contributed by atoms with E-state index in [1.54, 1.807) is 17.1 Å². The van der Waals surface area contributed by atoms with Crippen molar-refractivity contribution in [1.82, 2.24) is 14.9 Å². The fourth-order valence-electron chi connectivity index (χ4n) is 3.38. The van der Waals surface area contributed by atoms with Crippen molar-refractivity contribution in [1.29, 1.82) is 0 Å². The minimum Gasteiger partial charge on any atom is -0.334 e. The Kier molecular flexibility index (Phi) is 4.89. The van der Waals surface area contributed by atoms with E-state index in [0.29, 0.717) is 24.4 Å². The molecule has 0 radical (unpaired) electrons. The first-order chi connectivity index (χ1) is 13.6. The number of carbonyl (C=O) groups is 1. The molecular weight excluding hydrogens is 350 g/mol. The summed E-state index contributed by atoms with van der Waals surface area (Å²) in [4.78, 5) is 34.4. The predicted molar refractivity (Wildman–Crippen MR) is 110 cm³/mol. The van der Waals surface area contributed by atoms with Crippen molar-refractivity contribution in [3.05, 3.63) is 93.4 Å². The van der Waals surface area contributed by atoms with Crippen LogP contribution in [0, 0.1) is 6.92 Å². The van der Waals surface area contributed by atoms with Gasteiger partial charge in [-0.25, -0.2) is 4.98 Å². The quantitative estimate of drug-likeness (QED) is 0.718. The summed E-state index contributed by atoms with van der Waals surface area (Å²) in [6, 6.07) is 17.6. The first-order valence-corrected chi connectivity index (χ1v) is 9.31. The topological polar surface area (TPSA) is 66.1 Å². The molecular formula is C23H21N3O2. The Morgan fingerprint density at radius 1 is 1.14 bits per heavy atom. The largest absolute Gasteiger partial charge is 0.334 e. The molecule has 1 aliphatic heterocycles. The lowest BCUT2D eigenvalue weighted by Crippen LogP contribution is -2.38. The zero-order chi connectivity index (χ0) is 19.5. The molecule has 0 unspecified atom stereocenters. The maximum Gasteiger partial charge on any atom is 0.256 e. The molecule has 0 bridgehead atoms. The molecule has 2 aromatic carbocycles. The highest BCUT2D eigenvalue weighted by Gasteiger charge is 2.23. The van der Waals surface area contributed by atoms with Crippen LogP contribution in [0.15, 0.2) is 65.5 Å². The summed E-state index contributed by atoms with van der Waals surface area (Å²) in [5.74, 6) is 0.480. The van der Waals surface area contributed by atoms with Crippen molar-refractivity contribution in [3.63, 3.8) is 0 Å². The molecule has 1 aromatic heterocycles. The average Bonchev–Trinajstić information content (AvgIpc) is 2.72. The van der Waals surface area contributed by atoms with Gasteiger partial charge < -0.3 is 9.88 Å². The Balaban J connectivity index is 1.55. The van der Waals surface area contributed by atoms with Crippen LogP contribution in [-0.4, -0.2) is 27.3 Å². The zero-order valence-corrected chi connectivity index (χ0v) is 15.7. The normalized spacial score (nSPS) is 13.5. The van der Waals surface area contributed by atoms with Gasteiger partial charge in [0.25, 0.3) is 5.56 Å². The Bertz CT molecular complexity index is 1100. The smallest absolute Gasteiger partial charge is 0.256 e. The summed E-state index contributed by atoms with van der Waals surface area (Å²) in [5, 5.41) is 0. The summed E-state index contributed by atoms with van der Waals surface area (Å²) in [5.41, 5.74) is 4.14. The van der Waals surface area contributed by atoms with E-state index in [9.17, 15) is 9.59 Å². The van der Waals surface area contributed by atoms with Crippen LogP contribution in [0.3, 0.4) is 0 Å². The predicted octanol–water partition coefficient (Wildman–Crippen LogP) is 3.34. The first-order valence-electron chi connectivity index (χ1n) is 9.31. The third-order valence-corrected chi connectivity index (χ3v) is 4.89. The van der Waals surface area contributed by atoms with Crippen LogP contribution < -0.4 is 5.56 Å². The molecule has 28 heavy (non-hydrogen) atoms. The zero-order valence-electron chi connectivity index (χ0n) is 15.7. The van der Waals surface area contributed by atoms with Crippen LogP contribution in [0.25, 0.3) is 17.5 Å². The Labute approximate surface area is 163 Å². The van der Waals surface area contributed by atoms with Gasteiger partial charge in [-0.3, -0.25) is 9.59 Å². The molecule has 0 fully saturated rings. The van der Waals surface area contributed by atoms with Crippen LogP contribution in [0.5, 0.6) is 0 Å². The number of aromatic amines is 1. The van der Waals surface area contributed by atoms with E-state index in [-0.39, 0.29) is 18.0 Å². The molecule has 3 aromatic rings. The molecule has 0 saturated carbocycles. The molecule has 5 heteroatoms. The number of aromatic nitrogens is 2. The number of benzene rings is 2. The van der Waals surface area contributed by atoms with Crippen molar-refractivity contribution < 1.29 is 4.79 Å². The molecule has 4 rings (SSSR count). The lowest BCUT2D eigenvalue weighted by atomic mass is 10.1. The second kappa shape index (κ2) is 7.64. The second-order valence-electron chi connectivity index (χ2n) is 6.96. The van der Waals surface area contributed by atoms with Crippen molar-refractivity contribution in [2.24, 2.45) is 0 Å². The molecule has 1 aliphatic rings. The summed E-state index contributed by atoms with van der Waals surface area (Å²) in [6.07, 6.45) is 3.92. The van der Waals surface area contributed by atoms with Crippen LogP contribution in [0.1, 0.15) is 22.4 Å². The van der Waals surface area contributed by atoms with Crippen molar-refractivity contribution in [3.8, 4) is 11.4 Å². The number of rotatable bonds is 3. The Hall–Kier alpha value is -3.47. The van der Waals surface area contributed by atoms with E-state index in [1.165, 1.54) is 0 Å². The van der Waals surface area contributed by atoms with E-state index in [1.807, 2.05) is 61.5 Å². The fourth-order valence-corrected chi connectivity index (χ4v) is 3.38. The van der Waals surface area contributed by atoms with Gasteiger partial charge in [-0.2, -0.15) is 0 Å². The maximum atomic E-state index is 12.6. The van der Waals surface area contributed by atoms with E-state index in [4.69, 9.17) is 0 Å². The van der Waals surface area contributed by atoms with Crippen molar-refractivity contribution >= 4 is 12.0 Å². The fraction of sp³-hybridized carbons (Fsp3) is 0.174. The van der Waals surface area contributed by atoms with Crippen molar-refractivity contribution in [2.45, 2.75) is 19.9 Å². The molecule has 0 saturated heterocycles. The van der Waals surface area contributed by atoms with Gasteiger partial charge in [-0.15, -0.1) is 0 Å². The molecule has 1 N–H and O–H groups in total. The lowest BCUT2D eigenvalue weighted by Gasteiger charge is -2.27. The monoisotopic (exact) mass is 371 g/mol. The summed E-state index contributed by atoms with van der Waals surface area (Å²) >= 11 is 0. The highest BCUT2D eigenvalue weighted by molar-refractivity contribution is 5.91. The van der Waals surface area contributed by atoms with Crippen LogP contribution >= 0.6 is 0 Å². The van der Waals surface area contributed by atoms with Gasteiger partial charge in [0.1, 0.15) is 5.82 Å². The summed E-state index contributed by atoms with van der Waals surface area (Å²) < 4.78 is 0. The number of fused-ring (bicyclic) bond motifs is 1. The van der Waals surface area contributed by atoms with Gasteiger partial charge in [0.2, 0.25) is 5.91 Å². The molecule has 1 amide bonds. The number of nitrogens with zero attached hydrogens (tertiary/aromatic N) is 2. The van der Waals surface area contributed by atoms with Gasteiger partial charge in [0.05, 0.1) is 17.8 Å². The third-order valence-electron chi connectivity index (χ3n) is 4.89. The Morgan fingerprint density at radius 2 is 1.96 bits per heavy atom. The molecule has 5 nitrogen and oxygen atoms in total. The van der Waals surface area contributed by atoms with Gasteiger partial charge in [0.15, 0.2) is 0 Å². The SMILES string of the molecule is Cc1cccc(-c2nc3c(c(=O)[nH]2)CN(C(=O)/C=C/c2ccccc2)CC3)c1. The number of carbonyl (C=O) groups excluding carboxylic acids is 1. The molecule has 0 aliphatic carbocycles. The minimum atomic E-state index is -0.175. The standard InChI is InChI=1S/C23H21N3O2/c1-16-6-5-9-18(14-16)22-24-20-12-13-26(15-19(20)23(28)25-22)21(27)11-10-17-7-3-2-4-8-17/h2-11,14H,12-13,15H2,1H3,(H,24,25,28)/b11-10+. The number of H-pyrrole nitrogens is 1. The summed E-state index contributed by atoms with van der Waals surface area (Å²) in [7, 11) is 0. The maximum absolute atomic E-state index is 12.6. The van der Waals surface area contributed by atoms with Crippen LogP contribution in [0.4, 0.5) is 0 Å².